The van der Waals surface area contributed by atoms with Crippen molar-refractivity contribution in [3.8, 4) is 0 Å². The average Bonchev–Trinajstić information content (AvgIpc) is 2.04. The van der Waals surface area contributed by atoms with Crippen LogP contribution >= 0.6 is 0 Å². The molecule has 1 rings (SSSR count). The Bertz CT molecular complexity index is 128. The molecule has 1 aliphatic heterocycles. The topological polar surface area (TPSA) is 47.6 Å². The van der Waals surface area contributed by atoms with Crippen LogP contribution in [-0.2, 0) is 4.74 Å². The van der Waals surface area contributed by atoms with Crippen molar-refractivity contribution < 1.29 is 4.74 Å². The zero-order valence-electron chi connectivity index (χ0n) is 6.99. The lowest BCUT2D eigenvalue weighted by atomic mass is 10.0. The molecule has 2 N–H and O–H groups in total. The van der Waals surface area contributed by atoms with Gasteiger partial charge in [-0.15, -0.1) is 0 Å². The van der Waals surface area contributed by atoms with E-state index in [9.17, 15) is 0 Å². The molecule has 1 aliphatic rings. The van der Waals surface area contributed by atoms with Crippen LogP contribution in [0, 0.1) is 0 Å². The lowest BCUT2D eigenvalue weighted by Crippen LogP contribution is -2.35. The first-order valence-corrected chi connectivity index (χ1v) is 4.10. The van der Waals surface area contributed by atoms with E-state index in [2.05, 4.69) is 4.99 Å². The van der Waals surface area contributed by atoms with Crippen molar-refractivity contribution in [3.05, 3.63) is 0 Å². The minimum atomic E-state index is 0.254. The molecule has 3 nitrogen and oxygen atoms in total. The molecule has 64 valence electrons. The van der Waals surface area contributed by atoms with Crippen molar-refractivity contribution in [3.63, 3.8) is 0 Å². The van der Waals surface area contributed by atoms with Crippen LogP contribution in [0.15, 0.2) is 4.99 Å². The van der Waals surface area contributed by atoms with Crippen LogP contribution in [0.1, 0.15) is 19.3 Å². The molecule has 0 saturated carbocycles. The maximum Gasteiger partial charge on any atom is 0.0625 e. The number of aliphatic imine (C=N–C) groups is 1. The zero-order valence-corrected chi connectivity index (χ0v) is 6.99. The van der Waals surface area contributed by atoms with Gasteiger partial charge in [-0.3, -0.25) is 0 Å². The molecule has 1 fully saturated rings. The van der Waals surface area contributed by atoms with Crippen molar-refractivity contribution >= 4 is 6.21 Å². The van der Waals surface area contributed by atoms with Gasteiger partial charge in [-0.05, 0) is 12.8 Å². The second-order valence-electron chi connectivity index (χ2n) is 2.97. The van der Waals surface area contributed by atoms with E-state index in [0.717, 1.165) is 19.3 Å². The second kappa shape index (κ2) is 4.46. The number of hydrogen-bond acceptors (Lipinski definition) is 3. The highest BCUT2D eigenvalue weighted by Crippen LogP contribution is 2.13. The fraction of sp³-hybridized carbons (Fsp3) is 0.875. The van der Waals surface area contributed by atoms with Crippen molar-refractivity contribution in [2.24, 2.45) is 10.7 Å². The van der Waals surface area contributed by atoms with Gasteiger partial charge in [0.1, 0.15) is 0 Å². The normalized spacial score (nSPS) is 32.9. The summed E-state index contributed by atoms with van der Waals surface area (Å²) in [4.78, 5) is 3.91. The van der Waals surface area contributed by atoms with Crippen LogP contribution in [0.4, 0.5) is 0 Å². The first-order chi connectivity index (χ1) is 5.33. The van der Waals surface area contributed by atoms with Crippen LogP contribution in [0.2, 0.25) is 0 Å². The first-order valence-electron chi connectivity index (χ1n) is 4.10. The molecule has 0 aromatic rings. The number of hydrogen-bond donors (Lipinski definition) is 1. The molecule has 1 heterocycles. The van der Waals surface area contributed by atoms with Crippen LogP contribution in [0.3, 0.4) is 0 Å². The molecule has 0 aromatic carbocycles. The molecular formula is C8H16N2O. The van der Waals surface area contributed by atoms with Crippen molar-refractivity contribution in [2.45, 2.75) is 31.4 Å². The van der Waals surface area contributed by atoms with Crippen LogP contribution in [0.25, 0.3) is 0 Å². The lowest BCUT2D eigenvalue weighted by Gasteiger charge is -2.25. The average molecular weight is 156 g/mol. The molecule has 0 spiro atoms. The Morgan fingerprint density at radius 3 is 3.00 bits per heavy atom. The Morgan fingerprint density at radius 2 is 2.45 bits per heavy atom. The van der Waals surface area contributed by atoms with E-state index in [1.165, 1.54) is 0 Å². The molecule has 0 bridgehead atoms. The van der Waals surface area contributed by atoms with Crippen molar-refractivity contribution in [1.82, 2.24) is 0 Å². The minimum absolute atomic E-state index is 0.254. The monoisotopic (exact) mass is 156 g/mol. The summed E-state index contributed by atoms with van der Waals surface area (Å²) in [5.74, 6) is 0. The van der Waals surface area contributed by atoms with Crippen molar-refractivity contribution in [1.29, 1.82) is 0 Å². The zero-order chi connectivity index (χ0) is 8.10. The van der Waals surface area contributed by atoms with Gasteiger partial charge in [0.2, 0.25) is 0 Å². The van der Waals surface area contributed by atoms with Gasteiger partial charge in [-0.2, -0.15) is 0 Å². The largest absolute Gasteiger partial charge is 0.376 e. The molecular weight excluding hydrogens is 140 g/mol. The predicted molar refractivity (Wildman–Crippen MR) is 46.0 cm³/mol. The van der Waals surface area contributed by atoms with Gasteiger partial charge in [-0.1, -0.05) is 0 Å². The standard InChI is InChI=1S/C8H16N2O/c1-10-5-4-8-3-2-7(9)6-11-8/h5,7-8H,2-4,6,9H2,1H3/t7-,8?/m0/s1. The third-order valence-corrected chi connectivity index (χ3v) is 1.96. The fourth-order valence-corrected chi connectivity index (χ4v) is 1.24. The quantitative estimate of drug-likeness (QED) is 0.595. The molecule has 0 aromatic heterocycles. The van der Waals surface area contributed by atoms with E-state index in [1.54, 1.807) is 7.05 Å². The molecule has 3 heteroatoms. The molecule has 0 radical (unpaired) electrons. The maximum atomic E-state index is 5.67. The van der Waals surface area contributed by atoms with Gasteiger partial charge >= 0.3 is 0 Å². The van der Waals surface area contributed by atoms with Gasteiger partial charge in [-0.25, -0.2) is 0 Å². The van der Waals surface area contributed by atoms with Gasteiger partial charge in [0.15, 0.2) is 0 Å². The summed E-state index contributed by atoms with van der Waals surface area (Å²) >= 11 is 0. The van der Waals surface area contributed by atoms with E-state index < -0.39 is 0 Å². The number of rotatable bonds is 2. The Hall–Kier alpha value is -0.410. The van der Waals surface area contributed by atoms with Crippen LogP contribution < -0.4 is 5.73 Å². The smallest absolute Gasteiger partial charge is 0.0625 e. The third-order valence-electron chi connectivity index (χ3n) is 1.96. The SMILES string of the molecule is CN=CCC1CC[C@H](N)CO1. The number of nitrogens with zero attached hydrogens (tertiary/aromatic N) is 1. The third kappa shape index (κ3) is 2.99. The molecule has 0 aliphatic carbocycles. The lowest BCUT2D eigenvalue weighted by molar-refractivity contribution is 0.0107. The van der Waals surface area contributed by atoms with E-state index >= 15 is 0 Å². The Balaban J connectivity index is 2.17. The highest BCUT2D eigenvalue weighted by Gasteiger charge is 2.17. The summed E-state index contributed by atoms with van der Waals surface area (Å²) in [7, 11) is 1.79. The van der Waals surface area contributed by atoms with Gasteiger partial charge in [0.25, 0.3) is 0 Å². The van der Waals surface area contributed by atoms with Crippen molar-refractivity contribution in [2.75, 3.05) is 13.7 Å². The molecule has 1 saturated heterocycles. The predicted octanol–water partition coefficient (Wildman–Crippen LogP) is 0.583. The Morgan fingerprint density at radius 1 is 1.64 bits per heavy atom. The van der Waals surface area contributed by atoms with E-state index in [-0.39, 0.29) is 6.04 Å². The van der Waals surface area contributed by atoms with E-state index in [4.69, 9.17) is 10.5 Å². The minimum Gasteiger partial charge on any atom is -0.376 e. The summed E-state index contributed by atoms with van der Waals surface area (Å²) < 4.78 is 5.48. The second-order valence-corrected chi connectivity index (χ2v) is 2.97. The number of ether oxygens (including phenoxy) is 1. The summed E-state index contributed by atoms with van der Waals surface area (Å²) in [6, 6.07) is 0.254. The highest BCUT2D eigenvalue weighted by molar-refractivity contribution is 5.57. The van der Waals surface area contributed by atoms with Gasteiger partial charge < -0.3 is 15.5 Å². The molecule has 2 atom stereocenters. The molecule has 1 unspecified atom stereocenters. The highest BCUT2D eigenvalue weighted by atomic mass is 16.5. The summed E-state index contributed by atoms with van der Waals surface area (Å²) in [5.41, 5.74) is 5.67. The Labute approximate surface area is 67.6 Å². The van der Waals surface area contributed by atoms with Gasteiger partial charge in [0.05, 0.1) is 12.7 Å². The fourth-order valence-electron chi connectivity index (χ4n) is 1.24. The van der Waals surface area contributed by atoms with Gasteiger partial charge in [0, 0.05) is 25.7 Å². The number of nitrogens with two attached hydrogens (primary N) is 1. The Kier molecular flexibility index (Phi) is 3.52. The van der Waals surface area contributed by atoms with E-state index in [1.807, 2.05) is 6.21 Å². The molecule has 11 heavy (non-hydrogen) atoms. The van der Waals surface area contributed by atoms with E-state index in [0.29, 0.717) is 12.7 Å². The maximum absolute atomic E-state index is 5.67. The summed E-state index contributed by atoms with van der Waals surface area (Å²) in [6.07, 6.45) is 5.36. The summed E-state index contributed by atoms with van der Waals surface area (Å²) in [5, 5.41) is 0. The van der Waals surface area contributed by atoms with Crippen LogP contribution in [-0.4, -0.2) is 32.0 Å². The molecule has 0 amide bonds. The first kappa shape index (κ1) is 8.68. The summed E-state index contributed by atoms with van der Waals surface area (Å²) in [6.45, 7) is 0.711. The van der Waals surface area contributed by atoms with Crippen LogP contribution in [0.5, 0.6) is 0 Å².